The van der Waals surface area contributed by atoms with Crippen molar-refractivity contribution in [1.82, 2.24) is 4.57 Å². The molecule has 3 unspecified atom stereocenters. The van der Waals surface area contributed by atoms with Crippen LogP contribution in [0.3, 0.4) is 0 Å². The second-order valence-corrected chi connectivity index (χ2v) is 9.96. The molecule has 28 heavy (non-hydrogen) atoms. The molecule has 4 heteroatoms. The smallest absolute Gasteiger partial charge is 0.254 e. The van der Waals surface area contributed by atoms with E-state index in [4.69, 9.17) is 4.99 Å². The molecule has 0 spiro atoms. The van der Waals surface area contributed by atoms with E-state index in [0.29, 0.717) is 12.5 Å². The van der Waals surface area contributed by atoms with Crippen LogP contribution in [0.2, 0.25) is 0 Å². The summed E-state index contributed by atoms with van der Waals surface area (Å²) in [6.45, 7) is 13.9. The summed E-state index contributed by atoms with van der Waals surface area (Å²) in [6.07, 6.45) is 7.46. The van der Waals surface area contributed by atoms with Crippen LogP contribution in [-0.2, 0) is 18.4 Å². The number of pyridine rings is 1. The molecule has 1 aromatic heterocycles. The highest BCUT2D eigenvalue weighted by Crippen LogP contribution is 2.43. The lowest BCUT2D eigenvalue weighted by molar-refractivity contribution is 0.485. The Hall–Kier alpha value is -1.55. The Bertz CT molecular complexity index is 939. The van der Waals surface area contributed by atoms with Gasteiger partial charge in [0.2, 0.25) is 0 Å². The van der Waals surface area contributed by atoms with Gasteiger partial charge in [-0.2, -0.15) is 0 Å². The summed E-state index contributed by atoms with van der Waals surface area (Å²) < 4.78 is 1.98. The van der Waals surface area contributed by atoms with Gasteiger partial charge in [-0.3, -0.25) is 9.79 Å². The van der Waals surface area contributed by atoms with Crippen molar-refractivity contribution in [2.75, 3.05) is 5.75 Å². The highest BCUT2D eigenvalue weighted by atomic mass is 32.2. The first-order valence-electron chi connectivity index (χ1n) is 10.8. The molecule has 0 saturated heterocycles. The Balaban J connectivity index is 1.86. The van der Waals surface area contributed by atoms with E-state index in [9.17, 15) is 4.79 Å². The summed E-state index contributed by atoms with van der Waals surface area (Å²) in [6, 6.07) is 2.28. The van der Waals surface area contributed by atoms with Gasteiger partial charge in [0.25, 0.3) is 5.56 Å². The molecule has 0 aromatic carbocycles. The Morgan fingerprint density at radius 2 is 2.11 bits per heavy atom. The zero-order chi connectivity index (χ0) is 20.1. The molecule has 3 heterocycles. The molecule has 1 aliphatic carbocycles. The van der Waals surface area contributed by atoms with Gasteiger partial charge in [-0.1, -0.05) is 52.3 Å². The number of nitrogens with zero attached hydrogens (tertiary/aromatic N) is 2. The summed E-state index contributed by atoms with van der Waals surface area (Å²) in [7, 11) is 0. The van der Waals surface area contributed by atoms with Crippen molar-refractivity contribution in [1.29, 1.82) is 0 Å². The molecule has 0 radical (unpaired) electrons. The van der Waals surface area contributed by atoms with Crippen molar-refractivity contribution in [3.05, 3.63) is 57.0 Å². The van der Waals surface area contributed by atoms with Crippen LogP contribution in [0.15, 0.2) is 39.7 Å². The van der Waals surface area contributed by atoms with Crippen LogP contribution in [0, 0.1) is 5.92 Å². The summed E-state index contributed by atoms with van der Waals surface area (Å²) in [5.74, 6) is 1.55. The minimum absolute atomic E-state index is 0.105. The standard InChI is InChI=1S/C24H32N2OS/c1-6-9-16-12-17-14-26-20(21(17)25-22(16)28-8-3)13-19-18(23(26)27)11-10-15(4)24(19,5)7-2/h12-13,16,22H,4,6-11,14H2,1-3,5H3. The molecule has 3 atom stereocenters. The maximum absolute atomic E-state index is 13.4. The van der Waals surface area contributed by atoms with Crippen LogP contribution < -0.4 is 5.56 Å². The lowest BCUT2D eigenvalue weighted by atomic mass is 9.67. The Morgan fingerprint density at radius 1 is 1.32 bits per heavy atom. The highest BCUT2D eigenvalue weighted by molar-refractivity contribution is 7.99. The minimum atomic E-state index is -0.105. The fraction of sp³-hybridized carbons (Fsp3) is 0.583. The summed E-state index contributed by atoms with van der Waals surface area (Å²) >= 11 is 1.93. The molecule has 4 rings (SSSR count). The lowest BCUT2D eigenvalue weighted by Crippen LogP contribution is -2.36. The lowest BCUT2D eigenvalue weighted by Gasteiger charge is -2.37. The number of aromatic nitrogens is 1. The van der Waals surface area contributed by atoms with E-state index in [1.54, 1.807) is 0 Å². The molecule has 150 valence electrons. The maximum Gasteiger partial charge on any atom is 0.254 e. The van der Waals surface area contributed by atoms with Gasteiger partial charge < -0.3 is 4.57 Å². The first-order chi connectivity index (χ1) is 13.4. The molecular weight excluding hydrogens is 364 g/mol. The first kappa shape index (κ1) is 19.8. The van der Waals surface area contributed by atoms with Gasteiger partial charge in [0.05, 0.1) is 18.0 Å². The number of rotatable bonds is 5. The van der Waals surface area contributed by atoms with E-state index < -0.39 is 0 Å². The van der Waals surface area contributed by atoms with Crippen LogP contribution in [0.5, 0.6) is 0 Å². The van der Waals surface area contributed by atoms with Gasteiger partial charge >= 0.3 is 0 Å². The van der Waals surface area contributed by atoms with Crippen molar-refractivity contribution in [3.8, 4) is 0 Å². The van der Waals surface area contributed by atoms with E-state index in [2.05, 4.69) is 46.4 Å². The van der Waals surface area contributed by atoms with E-state index in [-0.39, 0.29) is 16.3 Å². The largest absolute Gasteiger partial charge is 0.302 e. The number of hydrogen-bond acceptors (Lipinski definition) is 3. The number of aliphatic imine (C=N–C) groups is 1. The van der Waals surface area contributed by atoms with Crippen molar-refractivity contribution in [2.24, 2.45) is 10.9 Å². The zero-order valence-corrected chi connectivity index (χ0v) is 18.5. The van der Waals surface area contributed by atoms with Gasteiger partial charge in [0.15, 0.2) is 0 Å². The Kier molecular flexibility index (Phi) is 5.20. The van der Waals surface area contributed by atoms with Gasteiger partial charge in [-0.15, -0.1) is 11.8 Å². The third-order valence-corrected chi connectivity index (χ3v) is 8.16. The van der Waals surface area contributed by atoms with E-state index in [1.165, 1.54) is 16.7 Å². The van der Waals surface area contributed by atoms with Crippen LogP contribution >= 0.6 is 11.8 Å². The third-order valence-electron chi connectivity index (χ3n) is 7.03. The first-order valence-corrected chi connectivity index (χ1v) is 11.9. The molecule has 0 bridgehead atoms. The van der Waals surface area contributed by atoms with Crippen LogP contribution in [0.1, 0.15) is 70.2 Å². The van der Waals surface area contributed by atoms with Crippen molar-refractivity contribution >= 4 is 17.5 Å². The average Bonchev–Trinajstić information content (AvgIpc) is 3.04. The number of thioether (sulfide) groups is 1. The number of allylic oxidation sites excluding steroid dienone is 2. The van der Waals surface area contributed by atoms with Crippen LogP contribution in [0.25, 0.3) is 0 Å². The maximum atomic E-state index is 13.4. The summed E-state index contributed by atoms with van der Waals surface area (Å²) in [4.78, 5) is 18.6. The number of dihydropyridines is 1. The predicted molar refractivity (Wildman–Crippen MR) is 121 cm³/mol. The predicted octanol–water partition coefficient (Wildman–Crippen LogP) is 5.26. The molecule has 0 saturated carbocycles. The van der Waals surface area contributed by atoms with E-state index in [0.717, 1.165) is 54.8 Å². The fourth-order valence-corrected chi connectivity index (χ4v) is 6.09. The third kappa shape index (κ3) is 2.87. The zero-order valence-electron chi connectivity index (χ0n) is 17.7. The SMILES string of the molecule is C=C1CCc2c(cc3n(c2=O)CC2=CC(CCC)C(SCC)N=C23)C1(C)CC. The average molecular weight is 397 g/mol. The normalized spacial score (nSPS) is 28.4. The monoisotopic (exact) mass is 396 g/mol. The highest BCUT2D eigenvalue weighted by Gasteiger charge is 2.39. The van der Waals surface area contributed by atoms with Crippen molar-refractivity contribution in [2.45, 2.75) is 77.1 Å². The van der Waals surface area contributed by atoms with Crippen molar-refractivity contribution in [3.63, 3.8) is 0 Å². The molecule has 0 amide bonds. The second-order valence-electron chi connectivity index (χ2n) is 8.57. The molecule has 3 nitrogen and oxygen atoms in total. The van der Waals surface area contributed by atoms with E-state index >= 15 is 0 Å². The van der Waals surface area contributed by atoms with Gasteiger partial charge in [0.1, 0.15) is 5.37 Å². The fourth-order valence-electron chi connectivity index (χ4n) is 5.10. The Morgan fingerprint density at radius 3 is 2.79 bits per heavy atom. The molecule has 1 aromatic rings. The topological polar surface area (TPSA) is 34.4 Å². The number of fused-ring (bicyclic) bond motifs is 4. The minimum Gasteiger partial charge on any atom is -0.302 e. The second kappa shape index (κ2) is 7.37. The van der Waals surface area contributed by atoms with Crippen LogP contribution in [-0.4, -0.2) is 21.4 Å². The molecule has 3 aliphatic rings. The van der Waals surface area contributed by atoms with Gasteiger partial charge in [0, 0.05) is 16.9 Å². The number of hydrogen-bond donors (Lipinski definition) is 0. The quantitative estimate of drug-likeness (QED) is 0.637. The molecular formula is C24H32N2OS. The van der Waals surface area contributed by atoms with Gasteiger partial charge in [-0.05, 0) is 48.6 Å². The van der Waals surface area contributed by atoms with E-state index in [1.807, 2.05) is 16.3 Å². The summed E-state index contributed by atoms with van der Waals surface area (Å²) in [5.41, 5.74) is 6.90. The Labute approximate surface area is 173 Å². The molecule has 2 aliphatic heterocycles. The molecule has 0 fully saturated rings. The van der Waals surface area contributed by atoms with Gasteiger partial charge in [-0.25, -0.2) is 0 Å². The van der Waals surface area contributed by atoms with Crippen LogP contribution in [0.4, 0.5) is 0 Å². The molecule has 0 N–H and O–H groups in total. The summed E-state index contributed by atoms with van der Waals surface area (Å²) in [5, 5.41) is 0.272. The van der Waals surface area contributed by atoms with Crippen molar-refractivity contribution < 1.29 is 0 Å².